The molecule has 3 rings (SSSR count). The maximum atomic E-state index is 12.7. The van der Waals surface area contributed by atoms with E-state index in [1.165, 1.54) is 25.7 Å². The summed E-state index contributed by atoms with van der Waals surface area (Å²) in [6, 6.07) is -0.977. The Balaban J connectivity index is 1.61. The molecule has 0 spiro atoms. The van der Waals surface area contributed by atoms with E-state index in [0.717, 1.165) is 25.7 Å². The zero-order valence-corrected chi connectivity index (χ0v) is 33.5. The first kappa shape index (κ1) is 50.6. The zero-order valence-electron chi connectivity index (χ0n) is 33.5. The lowest BCUT2D eigenvalue weighted by Gasteiger charge is -2.48. The smallest absolute Gasteiger partial charge is 0.220 e. The van der Waals surface area contributed by atoms with Gasteiger partial charge in [0.15, 0.2) is 18.9 Å². The monoisotopic (exact) mass is 839 g/mol. The number of amides is 1. The molecule has 0 aromatic heterocycles. The van der Waals surface area contributed by atoms with Crippen LogP contribution < -0.4 is 5.32 Å². The van der Waals surface area contributed by atoms with Gasteiger partial charge in [-0.05, 0) is 32.1 Å². The summed E-state index contributed by atoms with van der Waals surface area (Å²) in [6.45, 7) is 1.32. The Morgan fingerprint density at radius 2 is 1.10 bits per heavy atom. The lowest BCUT2D eigenvalue weighted by atomic mass is 9.96. The second-order valence-electron chi connectivity index (χ2n) is 15.1. The van der Waals surface area contributed by atoms with E-state index in [1.54, 1.807) is 12.2 Å². The van der Waals surface area contributed by atoms with Gasteiger partial charge in [-0.25, -0.2) is 0 Å². The summed E-state index contributed by atoms with van der Waals surface area (Å²) in [6.07, 6.45) is -9.12. The third kappa shape index (κ3) is 14.7. The van der Waals surface area contributed by atoms with Gasteiger partial charge in [-0.15, -0.1) is 0 Å². The van der Waals surface area contributed by atoms with Gasteiger partial charge in [0.2, 0.25) is 5.91 Å². The molecule has 3 aliphatic heterocycles. The summed E-state index contributed by atoms with van der Waals surface area (Å²) >= 11 is 0. The minimum atomic E-state index is -1.97. The fourth-order valence-electron chi connectivity index (χ4n) is 6.89. The Kier molecular flexibility index (Phi) is 23.2. The van der Waals surface area contributed by atoms with E-state index >= 15 is 0 Å². The van der Waals surface area contributed by atoms with Crippen LogP contribution in [0.4, 0.5) is 0 Å². The predicted octanol–water partition coefficient (Wildman–Crippen LogP) is -2.26. The average molecular weight is 840 g/mol. The topological polar surface area (TPSA) is 307 Å². The number of hydrogen-bond donors (Lipinski definition) is 12. The van der Waals surface area contributed by atoms with Crippen LogP contribution in [0.1, 0.15) is 84.5 Å². The minimum Gasteiger partial charge on any atom is -0.394 e. The van der Waals surface area contributed by atoms with Crippen LogP contribution >= 0.6 is 0 Å². The number of carbonyl (C=O) groups excluding carboxylic acids is 1. The van der Waals surface area contributed by atoms with E-state index in [-0.39, 0.29) is 18.9 Å². The van der Waals surface area contributed by atoms with Gasteiger partial charge >= 0.3 is 0 Å². The first-order valence-electron chi connectivity index (χ1n) is 20.6. The van der Waals surface area contributed by atoms with Crippen LogP contribution in [0.25, 0.3) is 0 Å². The number of unbranched alkanes of at least 4 members (excludes halogenated alkanes) is 7. The van der Waals surface area contributed by atoms with Crippen LogP contribution in [0, 0.1) is 0 Å². The lowest BCUT2D eigenvalue weighted by molar-refractivity contribution is -0.379. The average Bonchev–Trinajstić information content (AvgIpc) is 3.22. The first-order valence-corrected chi connectivity index (χ1v) is 20.6. The molecule has 58 heavy (non-hydrogen) atoms. The maximum Gasteiger partial charge on any atom is 0.220 e. The van der Waals surface area contributed by atoms with E-state index in [2.05, 4.69) is 24.4 Å². The summed E-state index contributed by atoms with van der Waals surface area (Å²) in [4.78, 5) is 12.7. The summed E-state index contributed by atoms with van der Waals surface area (Å²) in [7, 11) is 0. The lowest BCUT2D eigenvalue weighted by Crippen LogP contribution is -2.66. The highest BCUT2D eigenvalue weighted by Gasteiger charge is 2.53. The molecule has 0 radical (unpaired) electrons. The van der Waals surface area contributed by atoms with E-state index < -0.39 is 124 Å². The van der Waals surface area contributed by atoms with Crippen LogP contribution in [-0.2, 0) is 33.2 Å². The standard InChI is InChI=1S/C39H69NO18/c1-3-5-7-8-9-10-11-12-13-14-15-16-23(44)22(40-27(45)17-6-4-2)21-53-37-33(51)30(48)35(25(19-42)55-37)58-39-34(52)31(49)36(26(20-43)56-39)57-38-32(50)29(47)28(46)24(18-41)54-38/h11-12,15-16,22-26,28-39,41-44,46-52H,3-10,13-14,17-21H2,1-2H3,(H,40,45)/b12-11+,16-15+. The molecule has 1 amide bonds. The van der Waals surface area contributed by atoms with Crippen molar-refractivity contribution < 1.29 is 89.4 Å². The highest BCUT2D eigenvalue weighted by molar-refractivity contribution is 5.76. The normalized spacial score (nSPS) is 37.0. The fourth-order valence-corrected chi connectivity index (χ4v) is 6.89. The fraction of sp³-hybridized carbons (Fsp3) is 0.872. The Hall–Kier alpha value is -1.73. The van der Waals surface area contributed by atoms with Crippen molar-refractivity contribution in [2.45, 2.75) is 189 Å². The summed E-state index contributed by atoms with van der Waals surface area (Å²) in [5, 5.41) is 118. The van der Waals surface area contributed by atoms with E-state index in [0.29, 0.717) is 12.8 Å². The van der Waals surface area contributed by atoms with Gasteiger partial charge in [-0.2, -0.15) is 0 Å². The quantitative estimate of drug-likeness (QED) is 0.0341. The number of allylic oxidation sites excluding steroid dienone is 3. The molecule has 0 aromatic carbocycles. The van der Waals surface area contributed by atoms with E-state index in [9.17, 15) is 61.0 Å². The number of ether oxygens (including phenoxy) is 6. The van der Waals surface area contributed by atoms with Gasteiger partial charge < -0.3 is 89.9 Å². The van der Waals surface area contributed by atoms with Crippen LogP contribution in [-0.4, -0.2) is 193 Å². The molecule has 19 heteroatoms. The molecule has 17 unspecified atom stereocenters. The molecule has 17 atom stereocenters. The minimum absolute atomic E-state index is 0.209. The van der Waals surface area contributed by atoms with Crippen molar-refractivity contribution in [3.05, 3.63) is 24.3 Å². The first-order chi connectivity index (χ1) is 27.8. The molecule has 0 aliphatic carbocycles. The Morgan fingerprint density at radius 1 is 0.603 bits per heavy atom. The van der Waals surface area contributed by atoms with Crippen LogP contribution in [0.15, 0.2) is 24.3 Å². The van der Waals surface area contributed by atoms with Crippen molar-refractivity contribution >= 4 is 5.91 Å². The third-order valence-electron chi connectivity index (χ3n) is 10.5. The number of aliphatic hydroxyl groups excluding tert-OH is 11. The van der Waals surface area contributed by atoms with Crippen LogP contribution in [0.2, 0.25) is 0 Å². The molecule has 3 heterocycles. The van der Waals surface area contributed by atoms with Crippen molar-refractivity contribution in [3.8, 4) is 0 Å². The highest BCUT2D eigenvalue weighted by Crippen LogP contribution is 2.32. The van der Waals surface area contributed by atoms with Crippen LogP contribution in [0.5, 0.6) is 0 Å². The SMILES string of the molecule is CCCCCCC/C=C/CC/C=C/C(O)C(COC1OC(CO)C(OC2OC(CO)C(OC3OC(CO)C(O)C(O)C3O)C(O)C2O)C(O)C1O)NC(=O)CCCC. The van der Waals surface area contributed by atoms with Crippen molar-refractivity contribution in [2.75, 3.05) is 26.4 Å². The molecule has 19 nitrogen and oxygen atoms in total. The number of carbonyl (C=O) groups is 1. The Bertz CT molecular complexity index is 1190. The summed E-state index contributed by atoms with van der Waals surface area (Å²) in [5.74, 6) is -0.327. The van der Waals surface area contributed by atoms with Crippen molar-refractivity contribution in [1.29, 1.82) is 0 Å². The molecule has 0 saturated carbocycles. The van der Waals surface area contributed by atoms with Gasteiger partial charge in [-0.1, -0.05) is 70.3 Å². The van der Waals surface area contributed by atoms with E-state index in [1.807, 2.05) is 6.92 Å². The highest BCUT2D eigenvalue weighted by atomic mass is 16.8. The van der Waals surface area contributed by atoms with Crippen molar-refractivity contribution in [1.82, 2.24) is 5.32 Å². The Morgan fingerprint density at radius 3 is 1.69 bits per heavy atom. The van der Waals surface area contributed by atoms with Gasteiger partial charge in [0.1, 0.15) is 73.2 Å². The molecule has 0 bridgehead atoms. The summed E-state index contributed by atoms with van der Waals surface area (Å²) < 4.78 is 33.7. The van der Waals surface area contributed by atoms with Crippen LogP contribution in [0.3, 0.4) is 0 Å². The Labute approximate surface area is 339 Å². The maximum absolute atomic E-state index is 12.7. The molecule has 0 aromatic rings. The number of hydrogen-bond acceptors (Lipinski definition) is 18. The molecular weight excluding hydrogens is 770 g/mol. The number of rotatable bonds is 25. The van der Waals surface area contributed by atoms with Gasteiger partial charge in [0, 0.05) is 6.42 Å². The second kappa shape index (κ2) is 26.6. The van der Waals surface area contributed by atoms with Crippen molar-refractivity contribution in [3.63, 3.8) is 0 Å². The molecule has 3 aliphatic rings. The number of nitrogens with one attached hydrogen (secondary N) is 1. The van der Waals surface area contributed by atoms with Crippen molar-refractivity contribution in [2.24, 2.45) is 0 Å². The third-order valence-corrected chi connectivity index (χ3v) is 10.5. The van der Waals surface area contributed by atoms with E-state index in [4.69, 9.17) is 28.4 Å². The van der Waals surface area contributed by atoms with Gasteiger partial charge in [0.05, 0.1) is 38.6 Å². The zero-order chi connectivity index (χ0) is 42.8. The number of aliphatic hydroxyl groups is 11. The van der Waals surface area contributed by atoms with Gasteiger partial charge in [-0.3, -0.25) is 4.79 Å². The molecule has 3 saturated heterocycles. The van der Waals surface area contributed by atoms with Gasteiger partial charge in [0.25, 0.3) is 0 Å². The largest absolute Gasteiger partial charge is 0.394 e. The molecule has 338 valence electrons. The predicted molar refractivity (Wildman–Crippen MR) is 203 cm³/mol. The summed E-state index contributed by atoms with van der Waals surface area (Å²) in [5.41, 5.74) is 0. The molecular formula is C39H69NO18. The molecule has 3 fully saturated rings. The second-order valence-corrected chi connectivity index (χ2v) is 15.1. The molecule has 12 N–H and O–H groups in total.